The first-order chi connectivity index (χ1) is 15.4. The number of rotatable bonds is 5. The van der Waals surface area contributed by atoms with Crippen molar-refractivity contribution in [1.29, 1.82) is 0 Å². The fraction of sp³-hybridized carbons (Fsp3) is 0.462. The molecule has 3 fully saturated rings. The zero-order chi connectivity index (χ0) is 22.3. The number of pyridine rings is 1. The van der Waals surface area contributed by atoms with E-state index in [0.717, 1.165) is 35.3 Å². The number of ether oxygens (including phenoxy) is 1. The van der Waals surface area contributed by atoms with Crippen molar-refractivity contribution in [3.63, 3.8) is 0 Å². The van der Waals surface area contributed by atoms with Gasteiger partial charge in [-0.3, -0.25) is 14.7 Å². The lowest BCUT2D eigenvalue weighted by atomic mass is 9.82. The van der Waals surface area contributed by atoms with Crippen LogP contribution in [0.5, 0.6) is 0 Å². The molecule has 168 valence electrons. The predicted molar refractivity (Wildman–Crippen MR) is 126 cm³/mol. The molecular weight excluding hydrogens is 400 g/mol. The van der Waals surface area contributed by atoms with Gasteiger partial charge in [-0.25, -0.2) is 0 Å². The summed E-state index contributed by atoms with van der Waals surface area (Å²) in [6, 6.07) is 10.6. The van der Waals surface area contributed by atoms with Crippen LogP contribution >= 0.6 is 0 Å². The summed E-state index contributed by atoms with van der Waals surface area (Å²) in [7, 11) is 0. The molecule has 0 spiro atoms. The Kier molecular flexibility index (Phi) is 5.41. The highest BCUT2D eigenvalue weighted by Gasteiger charge is 2.42. The third kappa shape index (κ3) is 3.99. The lowest BCUT2D eigenvalue weighted by molar-refractivity contribution is -0.137. The number of benzene rings is 1. The van der Waals surface area contributed by atoms with Gasteiger partial charge >= 0.3 is 0 Å². The first-order valence-corrected chi connectivity index (χ1v) is 11.6. The predicted octanol–water partition coefficient (Wildman–Crippen LogP) is 4.70. The average molecular weight is 433 g/mol. The molecule has 5 rings (SSSR count). The largest absolute Gasteiger partial charge is 0.381 e. The van der Waals surface area contributed by atoms with Crippen molar-refractivity contribution < 1.29 is 9.53 Å². The third-order valence-corrected chi connectivity index (χ3v) is 7.03. The molecule has 0 bridgehead atoms. The van der Waals surface area contributed by atoms with E-state index in [-0.39, 0.29) is 11.9 Å². The number of anilines is 2. The van der Waals surface area contributed by atoms with E-state index in [9.17, 15) is 4.79 Å². The highest BCUT2D eigenvalue weighted by molar-refractivity contribution is 5.81. The molecule has 0 unspecified atom stereocenters. The van der Waals surface area contributed by atoms with Crippen LogP contribution in [-0.2, 0) is 15.1 Å². The Morgan fingerprint density at radius 1 is 1.19 bits per heavy atom. The van der Waals surface area contributed by atoms with E-state index in [1.54, 1.807) is 0 Å². The second-order valence-electron chi connectivity index (χ2n) is 9.54. The molecule has 0 radical (unpaired) electrons. The minimum atomic E-state index is -0.508. The van der Waals surface area contributed by atoms with Gasteiger partial charge < -0.3 is 15.4 Å². The standard InChI is InChI=1S/C26H32N4O2/c1-17-22(5-4-6-23(17)28-20-9-10-24(27-16-20)19-7-8-19)26(3)15-25(31)30(18(2)29-26)21-11-13-32-14-12-21/h4-6,9-10,16,19,21,28-29H,2,7-8,11-15H2,1,3H3/t26-/m0/s1. The smallest absolute Gasteiger partial charge is 0.231 e. The van der Waals surface area contributed by atoms with Crippen LogP contribution < -0.4 is 10.6 Å². The molecule has 2 saturated heterocycles. The topological polar surface area (TPSA) is 66.5 Å². The Hall–Kier alpha value is -2.86. The summed E-state index contributed by atoms with van der Waals surface area (Å²) in [5.41, 5.74) is 4.90. The summed E-state index contributed by atoms with van der Waals surface area (Å²) in [5.74, 6) is 1.46. The van der Waals surface area contributed by atoms with E-state index >= 15 is 0 Å². The molecule has 2 aromatic rings. The second-order valence-corrected chi connectivity index (χ2v) is 9.54. The van der Waals surface area contributed by atoms with Crippen LogP contribution in [0, 0.1) is 6.92 Å². The molecule has 2 aliphatic heterocycles. The van der Waals surface area contributed by atoms with Crippen molar-refractivity contribution >= 4 is 17.3 Å². The number of nitrogens with one attached hydrogen (secondary N) is 2. The molecular formula is C26H32N4O2. The van der Waals surface area contributed by atoms with Crippen molar-refractivity contribution in [3.8, 4) is 0 Å². The summed E-state index contributed by atoms with van der Waals surface area (Å²) >= 11 is 0. The van der Waals surface area contributed by atoms with Gasteiger partial charge in [-0.15, -0.1) is 0 Å². The van der Waals surface area contributed by atoms with Crippen molar-refractivity contribution in [3.05, 3.63) is 65.7 Å². The molecule has 1 aromatic heterocycles. The Morgan fingerprint density at radius 2 is 1.97 bits per heavy atom. The third-order valence-electron chi connectivity index (χ3n) is 7.03. The summed E-state index contributed by atoms with van der Waals surface area (Å²) < 4.78 is 5.47. The van der Waals surface area contributed by atoms with Gasteiger partial charge in [0.15, 0.2) is 0 Å². The number of aromatic nitrogens is 1. The lowest BCUT2D eigenvalue weighted by Crippen LogP contribution is -2.57. The van der Waals surface area contributed by atoms with Crippen LogP contribution in [-0.4, -0.2) is 35.0 Å². The van der Waals surface area contributed by atoms with E-state index in [4.69, 9.17) is 4.74 Å². The van der Waals surface area contributed by atoms with Crippen LogP contribution in [0.25, 0.3) is 0 Å². The van der Waals surface area contributed by atoms with Gasteiger partial charge in [-0.2, -0.15) is 0 Å². The first kappa shape index (κ1) is 21.0. The summed E-state index contributed by atoms with van der Waals surface area (Å²) in [5, 5.41) is 7.09. The Morgan fingerprint density at radius 3 is 2.62 bits per heavy atom. The zero-order valence-electron chi connectivity index (χ0n) is 19.0. The second kappa shape index (κ2) is 8.24. The van der Waals surface area contributed by atoms with E-state index < -0.39 is 5.54 Å². The number of carbonyl (C=O) groups is 1. The summed E-state index contributed by atoms with van der Waals surface area (Å²) in [6.07, 6.45) is 6.53. The van der Waals surface area contributed by atoms with Gasteiger partial charge in [-0.1, -0.05) is 18.7 Å². The SMILES string of the molecule is C=C1N[C@](C)(c2cccc(Nc3ccc(C4CC4)nc3)c2C)CC(=O)N1C1CCOCC1. The highest BCUT2D eigenvalue weighted by atomic mass is 16.5. The monoisotopic (exact) mass is 432 g/mol. The van der Waals surface area contributed by atoms with Crippen LogP contribution in [0.4, 0.5) is 11.4 Å². The molecule has 1 amide bonds. The van der Waals surface area contributed by atoms with Crippen molar-refractivity contribution in [2.24, 2.45) is 0 Å². The van der Waals surface area contributed by atoms with Gasteiger partial charge in [0, 0.05) is 36.6 Å². The van der Waals surface area contributed by atoms with Crippen LogP contribution in [0.3, 0.4) is 0 Å². The number of carbonyl (C=O) groups excluding carboxylic acids is 1. The number of hydrogen-bond acceptors (Lipinski definition) is 5. The minimum absolute atomic E-state index is 0.126. The maximum atomic E-state index is 13.2. The minimum Gasteiger partial charge on any atom is -0.381 e. The maximum Gasteiger partial charge on any atom is 0.231 e. The van der Waals surface area contributed by atoms with E-state index in [1.165, 1.54) is 18.5 Å². The first-order valence-electron chi connectivity index (χ1n) is 11.6. The Balaban J connectivity index is 1.36. The normalized spacial score (nSPS) is 24.4. The van der Waals surface area contributed by atoms with Gasteiger partial charge in [0.25, 0.3) is 0 Å². The van der Waals surface area contributed by atoms with Crippen LogP contribution in [0.2, 0.25) is 0 Å². The van der Waals surface area contributed by atoms with E-state index in [0.29, 0.717) is 31.4 Å². The quantitative estimate of drug-likeness (QED) is 0.717. The fourth-order valence-electron chi connectivity index (χ4n) is 5.12. The molecule has 32 heavy (non-hydrogen) atoms. The number of amides is 1. The zero-order valence-corrected chi connectivity index (χ0v) is 19.0. The van der Waals surface area contributed by atoms with Gasteiger partial charge in [0.05, 0.1) is 23.8 Å². The molecule has 3 heterocycles. The molecule has 1 atom stereocenters. The van der Waals surface area contributed by atoms with Crippen LogP contribution in [0.15, 0.2) is 48.9 Å². The molecule has 1 saturated carbocycles. The molecule has 6 heteroatoms. The van der Waals surface area contributed by atoms with Crippen LogP contribution in [0.1, 0.15) is 61.8 Å². The maximum absolute atomic E-state index is 13.2. The summed E-state index contributed by atoms with van der Waals surface area (Å²) in [4.78, 5) is 19.7. The molecule has 6 nitrogen and oxygen atoms in total. The van der Waals surface area contributed by atoms with Gasteiger partial charge in [-0.05, 0) is 68.9 Å². The highest BCUT2D eigenvalue weighted by Crippen LogP contribution is 2.40. The molecule has 1 aromatic carbocycles. The van der Waals surface area contributed by atoms with Gasteiger partial charge in [0.1, 0.15) is 5.82 Å². The van der Waals surface area contributed by atoms with Gasteiger partial charge in [0.2, 0.25) is 5.91 Å². The lowest BCUT2D eigenvalue weighted by Gasteiger charge is -2.46. The van der Waals surface area contributed by atoms with Crippen molar-refractivity contribution in [2.75, 3.05) is 18.5 Å². The Bertz CT molecular complexity index is 1000. The van der Waals surface area contributed by atoms with E-state index in [1.807, 2.05) is 17.2 Å². The van der Waals surface area contributed by atoms with Crippen molar-refractivity contribution in [1.82, 2.24) is 15.2 Å². The molecule has 1 aliphatic carbocycles. The average Bonchev–Trinajstić information content (AvgIpc) is 3.61. The fourth-order valence-corrected chi connectivity index (χ4v) is 5.12. The number of nitrogens with zero attached hydrogens (tertiary/aromatic N) is 2. The van der Waals surface area contributed by atoms with E-state index in [2.05, 4.69) is 60.3 Å². The Labute approximate surface area is 190 Å². The summed E-state index contributed by atoms with van der Waals surface area (Å²) in [6.45, 7) is 9.81. The molecule has 2 N–H and O–H groups in total. The van der Waals surface area contributed by atoms with Crippen molar-refractivity contribution in [2.45, 2.75) is 63.5 Å². The molecule has 3 aliphatic rings. The number of hydrogen-bond donors (Lipinski definition) is 2.